The molecule has 0 saturated heterocycles. The van der Waals surface area contributed by atoms with Gasteiger partial charge < -0.3 is 10.4 Å². The third kappa shape index (κ3) is 4.88. The number of nitrogens with one attached hydrogen (secondary N) is 1. The number of hydrogen-bond acceptors (Lipinski definition) is 2. The first-order valence-electron chi connectivity index (χ1n) is 6.42. The lowest BCUT2D eigenvalue weighted by atomic mass is 9.97. The van der Waals surface area contributed by atoms with Crippen LogP contribution < -0.4 is 5.32 Å². The molecule has 1 aromatic rings. The van der Waals surface area contributed by atoms with Crippen molar-refractivity contribution in [3.8, 4) is 0 Å². The molecular weight excluding hydrogens is 210 g/mol. The molecule has 0 bridgehead atoms. The van der Waals surface area contributed by atoms with E-state index < -0.39 is 5.60 Å². The van der Waals surface area contributed by atoms with E-state index in [0.717, 1.165) is 13.0 Å². The third-order valence-corrected chi connectivity index (χ3v) is 3.46. The standard InChI is InChI=1S/C15H25NO/c1-12(14-8-6-5-7-9-14)10-11-16-13(2)15(3,4)17/h5-9,12-13,16-17H,10-11H2,1-4H3. The van der Waals surface area contributed by atoms with Crippen LogP contribution in [-0.4, -0.2) is 23.3 Å². The Morgan fingerprint density at radius 3 is 2.29 bits per heavy atom. The summed E-state index contributed by atoms with van der Waals surface area (Å²) in [5, 5.41) is 13.2. The normalized spacial score (nSPS) is 15.6. The van der Waals surface area contributed by atoms with Crippen LogP contribution in [0.15, 0.2) is 30.3 Å². The first-order chi connectivity index (χ1) is 7.91. The topological polar surface area (TPSA) is 32.3 Å². The molecule has 2 N–H and O–H groups in total. The zero-order valence-electron chi connectivity index (χ0n) is 11.4. The molecular formula is C15H25NO. The Balaban J connectivity index is 2.33. The highest BCUT2D eigenvalue weighted by molar-refractivity contribution is 5.18. The van der Waals surface area contributed by atoms with Crippen molar-refractivity contribution in [1.82, 2.24) is 5.32 Å². The number of aliphatic hydroxyl groups is 1. The van der Waals surface area contributed by atoms with Gasteiger partial charge in [0.1, 0.15) is 0 Å². The molecule has 17 heavy (non-hydrogen) atoms. The summed E-state index contributed by atoms with van der Waals surface area (Å²) in [6, 6.07) is 10.7. The van der Waals surface area contributed by atoms with Crippen LogP contribution >= 0.6 is 0 Å². The fraction of sp³-hybridized carbons (Fsp3) is 0.600. The van der Waals surface area contributed by atoms with Gasteiger partial charge in [0.25, 0.3) is 0 Å². The highest BCUT2D eigenvalue weighted by atomic mass is 16.3. The average molecular weight is 235 g/mol. The minimum absolute atomic E-state index is 0.116. The summed E-state index contributed by atoms with van der Waals surface area (Å²) in [4.78, 5) is 0. The predicted octanol–water partition coefficient (Wildman–Crippen LogP) is 2.93. The van der Waals surface area contributed by atoms with E-state index in [1.807, 2.05) is 26.8 Å². The van der Waals surface area contributed by atoms with E-state index in [2.05, 4.69) is 36.5 Å². The van der Waals surface area contributed by atoms with Crippen LogP contribution in [0.1, 0.15) is 45.6 Å². The third-order valence-electron chi connectivity index (χ3n) is 3.46. The second-order valence-corrected chi connectivity index (χ2v) is 5.43. The average Bonchev–Trinajstić information content (AvgIpc) is 2.28. The summed E-state index contributed by atoms with van der Waals surface area (Å²) in [6.07, 6.45) is 1.09. The first-order valence-corrected chi connectivity index (χ1v) is 6.42. The SMILES string of the molecule is CC(CCNC(C)C(C)(C)O)c1ccccc1. The summed E-state index contributed by atoms with van der Waals surface area (Å²) < 4.78 is 0. The van der Waals surface area contributed by atoms with Gasteiger partial charge in [0.05, 0.1) is 5.60 Å². The molecule has 2 heteroatoms. The van der Waals surface area contributed by atoms with Crippen molar-refractivity contribution in [3.63, 3.8) is 0 Å². The van der Waals surface area contributed by atoms with Crippen LogP contribution in [0.4, 0.5) is 0 Å². The number of benzene rings is 1. The number of rotatable bonds is 6. The zero-order valence-corrected chi connectivity index (χ0v) is 11.4. The molecule has 1 aromatic carbocycles. The van der Waals surface area contributed by atoms with Gasteiger partial charge in [0.2, 0.25) is 0 Å². The van der Waals surface area contributed by atoms with Crippen molar-refractivity contribution in [2.45, 2.75) is 51.7 Å². The fourth-order valence-corrected chi connectivity index (χ4v) is 1.71. The Bertz CT molecular complexity index is 315. The molecule has 0 aliphatic carbocycles. The molecule has 0 aliphatic heterocycles. The lowest BCUT2D eigenvalue weighted by Crippen LogP contribution is -2.44. The quantitative estimate of drug-likeness (QED) is 0.794. The predicted molar refractivity (Wildman–Crippen MR) is 73.2 cm³/mol. The van der Waals surface area contributed by atoms with Crippen molar-refractivity contribution in [3.05, 3.63) is 35.9 Å². The molecule has 0 aliphatic rings. The zero-order chi connectivity index (χ0) is 12.9. The van der Waals surface area contributed by atoms with E-state index in [1.165, 1.54) is 5.56 Å². The molecule has 0 fully saturated rings. The Morgan fingerprint density at radius 2 is 1.76 bits per heavy atom. The lowest BCUT2D eigenvalue weighted by molar-refractivity contribution is 0.0442. The highest BCUT2D eigenvalue weighted by Crippen LogP contribution is 2.18. The van der Waals surface area contributed by atoms with E-state index in [9.17, 15) is 5.11 Å². The molecule has 0 saturated carbocycles. The minimum atomic E-state index is -0.657. The van der Waals surface area contributed by atoms with Gasteiger partial charge in [-0.3, -0.25) is 0 Å². The minimum Gasteiger partial charge on any atom is -0.389 e. The van der Waals surface area contributed by atoms with E-state index in [1.54, 1.807) is 0 Å². The molecule has 0 aromatic heterocycles. The Hall–Kier alpha value is -0.860. The summed E-state index contributed by atoms with van der Waals surface area (Å²) in [5.74, 6) is 0.553. The maximum atomic E-state index is 9.81. The van der Waals surface area contributed by atoms with E-state index in [-0.39, 0.29) is 6.04 Å². The second-order valence-electron chi connectivity index (χ2n) is 5.43. The fourth-order valence-electron chi connectivity index (χ4n) is 1.71. The molecule has 2 unspecified atom stereocenters. The van der Waals surface area contributed by atoms with Gasteiger partial charge in [-0.25, -0.2) is 0 Å². The molecule has 2 atom stereocenters. The lowest BCUT2D eigenvalue weighted by Gasteiger charge is -2.27. The molecule has 0 radical (unpaired) electrons. The van der Waals surface area contributed by atoms with Crippen molar-refractivity contribution < 1.29 is 5.11 Å². The Kier molecular flexibility index (Phi) is 5.16. The summed E-state index contributed by atoms with van der Waals surface area (Å²) in [7, 11) is 0. The largest absolute Gasteiger partial charge is 0.389 e. The maximum absolute atomic E-state index is 9.81. The van der Waals surface area contributed by atoms with Gasteiger partial charge >= 0.3 is 0 Å². The smallest absolute Gasteiger partial charge is 0.0741 e. The Morgan fingerprint density at radius 1 is 1.18 bits per heavy atom. The second kappa shape index (κ2) is 6.18. The molecule has 96 valence electrons. The van der Waals surface area contributed by atoms with Gasteiger partial charge in [0, 0.05) is 6.04 Å². The monoisotopic (exact) mass is 235 g/mol. The van der Waals surface area contributed by atoms with E-state index in [4.69, 9.17) is 0 Å². The van der Waals surface area contributed by atoms with Crippen molar-refractivity contribution in [2.24, 2.45) is 0 Å². The summed E-state index contributed by atoms with van der Waals surface area (Å²) in [5.41, 5.74) is 0.723. The molecule has 0 amide bonds. The molecule has 2 nitrogen and oxygen atoms in total. The van der Waals surface area contributed by atoms with E-state index >= 15 is 0 Å². The van der Waals surface area contributed by atoms with Crippen molar-refractivity contribution in [1.29, 1.82) is 0 Å². The van der Waals surface area contributed by atoms with Crippen LogP contribution in [0.5, 0.6) is 0 Å². The summed E-state index contributed by atoms with van der Waals surface area (Å²) in [6.45, 7) is 8.87. The van der Waals surface area contributed by atoms with Crippen LogP contribution in [-0.2, 0) is 0 Å². The van der Waals surface area contributed by atoms with Gasteiger partial charge in [-0.15, -0.1) is 0 Å². The molecule has 0 heterocycles. The van der Waals surface area contributed by atoms with Crippen molar-refractivity contribution in [2.75, 3.05) is 6.54 Å². The van der Waals surface area contributed by atoms with Crippen LogP contribution in [0.2, 0.25) is 0 Å². The summed E-state index contributed by atoms with van der Waals surface area (Å²) >= 11 is 0. The van der Waals surface area contributed by atoms with Gasteiger partial charge in [-0.05, 0) is 45.2 Å². The number of hydrogen-bond donors (Lipinski definition) is 2. The van der Waals surface area contributed by atoms with Crippen LogP contribution in [0, 0.1) is 0 Å². The maximum Gasteiger partial charge on any atom is 0.0741 e. The van der Waals surface area contributed by atoms with Crippen LogP contribution in [0.25, 0.3) is 0 Å². The Labute approximate surface area is 105 Å². The van der Waals surface area contributed by atoms with Gasteiger partial charge in [0.15, 0.2) is 0 Å². The van der Waals surface area contributed by atoms with Gasteiger partial charge in [-0.2, -0.15) is 0 Å². The van der Waals surface area contributed by atoms with E-state index in [0.29, 0.717) is 5.92 Å². The first kappa shape index (κ1) is 14.2. The molecule has 0 spiro atoms. The highest BCUT2D eigenvalue weighted by Gasteiger charge is 2.21. The van der Waals surface area contributed by atoms with Crippen molar-refractivity contribution >= 4 is 0 Å². The van der Waals surface area contributed by atoms with Crippen LogP contribution in [0.3, 0.4) is 0 Å². The molecule has 1 rings (SSSR count). The van der Waals surface area contributed by atoms with Gasteiger partial charge in [-0.1, -0.05) is 37.3 Å².